The third kappa shape index (κ3) is 2.79. The second-order valence-electron chi connectivity index (χ2n) is 3.62. The summed E-state index contributed by atoms with van der Waals surface area (Å²) >= 11 is 0. The molecule has 0 aliphatic heterocycles. The zero-order valence-electron chi connectivity index (χ0n) is 9.44. The summed E-state index contributed by atoms with van der Waals surface area (Å²) in [5.41, 5.74) is 6.54. The lowest BCUT2D eigenvalue weighted by molar-refractivity contribution is -0.146. The van der Waals surface area contributed by atoms with Crippen LogP contribution in [0.4, 0.5) is 4.39 Å². The first-order valence-electron chi connectivity index (χ1n) is 5.19. The maximum atomic E-state index is 13.0. The van der Waals surface area contributed by atoms with Gasteiger partial charge < -0.3 is 10.5 Å². The van der Waals surface area contributed by atoms with Gasteiger partial charge in [-0.25, -0.2) is 4.39 Å². The molecule has 3 nitrogen and oxygen atoms in total. The van der Waals surface area contributed by atoms with Crippen molar-refractivity contribution in [1.82, 2.24) is 0 Å². The number of hydrogen-bond donors (Lipinski definition) is 1. The van der Waals surface area contributed by atoms with Crippen molar-refractivity contribution in [2.45, 2.75) is 19.4 Å². The number of methoxy groups -OCH3 is 1. The summed E-state index contributed by atoms with van der Waals surface area (Å²) in [6.45, 7) is 1.85. The van der Waals surface area contributed by atoms with Crippen molar-refractivity contribution < 1.29 is 13.9 Å². The summed E-state index contributed by atoms with van der Waals surface area (Å²) in [7, 11) is 1.32. The number of benzene rings is 1. The van der Waals surface area contributed by atoms with Crippen LogP contribution in [0.25, 0.3) is 0 Å². The molecule has 0 saturated carbocycles. The molecule has 0 fully saturated rings. The molecule has 1 aromatic rings. The van der Waals surface area contributed by atoms with Crippen molar-refractivity contribution in [3.8, 4) is 0 Å². The van der Waals surface area contributed by atoms with Gasteiger partial charge in [-0.2, -0.15) is 0 Å². The summed E-state index contributed by atoms with van der Waals surface area (Å²) in [4.78, 5) is 11.4. The van der Waals surface area contributed by atoms with Crippen LogP contribution in [-0.2, 0) is 9.53 Å². The molecule has 0 aliphatic carbocycles. The molecular weight excluding hydrogens is 209 g/mol. The molecule has 0 spiro atoms. The van der Waals surface area contributed by atoms with E-state index in [0.717, 1.165) is 0 Å². The molecule has 88 valence electrons. The topological polar surface area (TPSA) is 52.3 Å². The molecule has 16 heavy (non-hydrogen) atoms. The van der Waals surface area contributed by atoms with E-state index in [4.69, 9.17) is 5.73 Å². The van der Waals surface area contributed by atoms with Gasteiger partial charge in [-0.3, -0.25) is 4.79 Å². The first kappa shape index (κ1) is 12.6. The second kappa shape index (κ2) is 5.61. The van der Waals surface area contributed by atoms with Crippen LogP contribution in [-0.4, -0.2) is 13.1 Å². The van der Waals surface area contributed by atoms with Gasteiger partial charge in [0.25, 0.3) is 0 Å². The predicted octanol–water partition coefficient (Wildman–Crippen LogP) is 2.02. The number of hydrogen-bond acceptors (Lipinski definition) is 3. The molecule has 4 heteroatoms. The third-order valence-electron chi connectivity index (χ3n) is 2.61. The van der Waals surface area contributed by atoms with Gasteiger partial charge in [-0.05, 0) is 24.1 Å². The minimum atomic E-state index is -0.534. The Morgan fingerprint density at radius 3 is 2.75 bits per heavy atom. The van der Waals surface area contributed by atoms with E-state index in [1.54, 1.807) is 12.1 Å². The van der Waals surface area contributed by atoms with Crippen molar-refractivity contribution in [3.63, 3.8) is 0 Å². The van der Waals surface area contributed by atoms with E-state index in [2.05, 4.69) is 4.74 Å². The average Bonchev–Trinajstić information content (AvgIpc) is 2.29. The molecule has 0 aliphatic rings. The summed E-state index contributed by atoms with van der Waals surface area (Å²) in [6, 6.07) is 5.44. The lowest BCUT2D eigenvalue weighted by atomic mass is 9.92. The number of halogens is 1. The summed E-state index contributed by atoms with van der Waals surface area (Å²) < 4.78 is 17.7. The van der Waals surface area contributed by atoms with Gasteiger partial charge in [-0.15, -0.1) is 0 Å². The van der Waals surface area contributed by atoms with Crippen LogP contribution < -0.4 is 5.73 Å². The van der Waals surface area contributed by atoms with E-state index in [0.29, 0.717) is 12.0 Å². The Morgan fingerprint density at radius 1 is 1.56 bits per heavy atom. The number of carbonyl (C=O) groups is 1. The lowest BCUT2D eigenvalue weighted by Crippen LogP contribution is -2.28. The number of esters is 1. The molecule has 0 radical (unpaired) electrons. The number of carbonyl (C=O) groups excluding carboxylic acids is 1. The van der Waals surface area contributed by atoms with Crippen LogP contribution in [0.15, 0.2) is 24.3 Å². The highest BCUT2D eigenvalue weighted by molar-refractivity contribution is 5.73. The highest BCUT2D eigenvalue weighted by atomic mass is 19.1. The molecule has 0 saturated heterocycles. The maximum Gasteiger partial charge on any atom is 0.310 e. The molecule has 0 amide bonds. The highest BCUT2D eigenvalue weighted by Crippen LogP contribution is 2.23. The van der Waals surface area contributed by atoms with Gasteiger partial charge in [0.1, 0.15) is 5.82 Å². The van der Waals surface area contributed by atoms with Crippen LogP contribution in [0.2, 0.25) is 0 Å². The Labute approximate surface area is 94.4 Å². The standard InChI is InChI=1S/C12H16FNO2/c1-3-10(12(15)16-2)11(14)8-5-4-6-9(13)7-8/h4-7,10-11H,3,14H2,1-2H3. The van der Waals surface area contributed by atoms with Crippen molar-refractivity contribution in [1.29, 1.82) is 0 Å². The predicted molar refractivity (Wildman–Crippen MR) is 59.1 cm³/mol. The maximum absolute atomic E-state index is 13.0. The smallest absolute Gasteiger partial charge is 0.310 e. The molecule has 0 aromatic heterocycles. The Balaban J connectivity index is 2.90. The molecule has 2 unspecified atom stereocenters. The third-order valence-corrected chi connectivity index (χ3v) is 2.61. The highest BCUT2D eigenvalue weighted by Gasteiger charge is 2.25. The fourth-order valence-electron chi connectivity index (χ4n) is 1.66. The summed E-state index contributed by atoms with van der Waals surface area (Å²) in [6.07, 6.45) is 0.560. The molecule has 0 bridgehead atoms. The Kier molecular flexibility index (Phi) is 4.43. The zero-order valence-corrected chi connectivity index (χ0v) is 9.44. The van der Waals surface area contributed by atoms with Crippen LogP contribution in [0, 0.1) is 11.7 Å². The van der Waals surface area contributed by atoms with Gasteiger partial charge in [0.15, 0.2) is 0 Å². The fraction of sp³-hybridized carbons (Fsp3) is 0.417. The first-order chi connectivity index (χ1) is 7.60. The van der Waals surface area contributed by atoms with Gasteiger partial charge in [0.05, 0.1) is 13.0 Å². The average molecular weight is 225 g/mol. The number of nitrogens with two attached hydrogens (primary N) is 1. The van der Waals surface area contributed by atoms with Gasteiger partial charge in [-0.1, -0.05) is 19.1 Å². The van der Waals surface area contributed by atoms with Crippen molar-refractivity contribution >= 4 is 5.97 Å². The molecule has 0 heterocycles. The minimum Gasteiger partial charge on any atom is -0.469 e. The molecule has 2 N–H and O–H groups in total. The quantitative estimate of drug-likeness (QED) is 0.797. The van der Waals surface area contributed by atoms with E-state index in [9.17, 15) is 9.18 Å². The minimum absolute atomic E-state index is 0.354. The molecule has 1 rings (SSSR count). The van der Waals surface area contributed by atoms with Crippen LogP contribution in [0.1, 0.15) is 24.9 Å². The van der Waals surface area contributed by atoms with E-state index in [1.807, 2.05) is 6.92 Å². The largest absolute Gasteiger partial charge is 0.469 e. The van der Waals surface area contributed by atoms with Crippen molar-refractivity contribution in [2.75, 3.05) is 7.11 Å². The van der Waals surface area contributed by atoms with Gasteiger partial charge in [0, 0.05) is 6.04 Å². The molecule has 2 atom stereocenters. The van der Waals surface area contributed by atoms with E-state index in [1.165, 1.54) is 19.2 Å². The van der Waals surface area contributed by atoms with Gasteiger partial charge in [0.2, 0.25) is 0 Å². The monoisotopic (exact) mass is 225 g/mol. The summed E-state index contributed by atoms with van der Waals surface area (Å²) in [5, 5.41) is 0. The number of ether oxygens (including phenoxy) is 1. The lowest BCUT2D eigenvalue weighted by Gasteiger charge is -2.20. The normalized spacial score (nSPS) is 14.2. The Hall–Kier alpha value is -1.42. The molecule has 1 aromatic carbocycles. The van der Waals surface area contributed by atoms with Crippen LogP contribution in [0.3, 0.4) is 0 Å². The van der Waals surface area contributed by atoms with Crippen LogP contribution in [0.5, 0.6) is 0 Å². The van der Waals surface area contributed by atoms with Gasteiger partial charge >= 0.3 is 5.97 Å². The van der Waals surface area contributed by atoms with Crippen molar-refractivity contribution in [2.24, 2.45) is 11.7 Å². The van der Waals surface area contributed by atoms with Crippen LogP contribution >= 0.6 is 0 Å². The van der Waals surface area contributed by atoms with E-state index >= 15 is 0 Å². The molecular formula is C12H16FNO2. The van der Waals surface area contributed by atoms with E-state index in [-0.39, 0.29) is 11.8 Å². The van der Waals surface area contributed by atoms with E-state index < -0.39 is 12.0 Å². The Bertz CT molecular complexity index is 368. The summed E-state index contributed by atoms with van der Waals surface area (Å²) in [5.74, 6) is -1.15. The van der Waals surface area contributed by atoms with Crippen molar-refractivity contribution in [3.05, 3.63) is 35.6 Å². The fourth-order valence-corrected chi connectivity index (χ4v) is 1.66. The SMILES string of the molecule is CCC(C(=O)OC)C(N)c1cccc(F)c1. The Morgan fingerprint density at radius 2 is 2.25 bits per heavy atom. The second-order valence-corrected chi connectivity index (χ2v) is 3.62. The number of rotatable bonds is 4. The zero-order chi connectivity index (χ0) is 12.1. The first-order valence-corrected chi connectivity index (χ1v) is 5.19.